The zero-order valence-corrected chi connectivity index (χ0v) is 17.3. The van der Waals surface area contributed by atoms with Gasteiger partial charge in [-0.15, -0.1) is 0 Å². The molecule has 158 valence electrons. The molecule has 4 rings (SSSR count). The van der Waals surface area contributed by atoms with Gasteiger partial charge in [0.1, 0.15) is 12.4 Å². The summed E-state index contributed by atoms with van der Waals surface area (Å²) < 4.78 is 5.88. The molecule has 0 bridgehead atoms. The summed E-state index contributed by atoms with van der Waals surface area (Å²) in [7, 11) is 2.10. The van der Waals surface area contributed by atoms with E-state index in [1.165, 1.54) is 5.56 Å². The fourth-order valence-electron chi connectivity index (χ4n) is 4.01. The van der Waals surface area contributed by atoms with Crippen LogP contribution in [0.4, 0.5) is 0 Å². The minimum Gasteiger partial charge on any atom is -0.491 e. The van der Waals surface area contributed by atoms with Crippen LogP contribution >= 0.6 is 0 Å². The Kier molecular flexibility index (Phi) is 6.28. The highest BCUT2D eigenvalue weighted by Gasteiger charge is 2.32. The van der Waals surface area contributed by atoms with Gasteiger partial charge in [-0.1, -0.05) is 12.1 Å². The maximum atomic E-state index is 12.9. The first-order valence-electron chi connectivity index (χ1n) is 10.5. The van der Waals surface area contributed by atoms with Gasteiger partial charge >= 0.3 is 0 Å². The Labute approximate surface area is 177 Å². The Morgan fingerprint density at radius 2 is 2.23 bits per heavy atom. The van der Waals surface area contributed by atoms with Crippen molar-refractivity contribution in [2.75, 3.05) is 33.3 Å². The van der Waals surface area contributed by atoms with Crippen molar-refractivity contribution in [2.45, 2.75) is 25.9 Å². The molecule has 2 amide bonds. The quantitative estimate of drug-likeness (QED) is 0.786. The van der Waals surface area contributed by atoms with Crippen molar-refractivity contribution in [2.24, 2.45) is 5.92 Å². The molecule has 1 saturated heterocycles. The average molecular weight is 409 g/mol. The molecule has 7 nitrogen and oxygen atoms in total. The van der Waals surface area contributed by atoms with Gasteiger partial charge in [-0.25, -0.2) is 0 Å². The number of ether oxygens (including phenoxy) is 1. The third-order valence-electron chi connectivity index (χ3n) is 5.67. The lowest BCUT2D eigenvalue weighted by Crippen LogP contribution is -2.38. The number of pyridine rings is 1. The standard InChI is InChI=1S/C23H28N4O3/c1-26(9-7-20-4-2-3-8-24-20)15-17-5-6-21-19(12-17)16-27(10-11-30-21)23(29)18-13-22(28)25-14-18/h2-6,8,12,18H,7,9-11,13-16H2,1H3,(H,25,28)/t18-/m1/s1. The lowest BCUT2D eigenvalue weighted by Gasteiger charge is -2.23. The third kappa shape index (κ3) is 4.97. The van der Waals surface area contributed by atoms with Gasteiger partial charge in [0.25, 0.3) is 0 Å². The number of carbonyl (C=O) groups excluding carboxylic acids is 2. The first kappa shape index (κ1) is 20.3. The number of fused-ring (bicyclic) bond motifs is 1. The molecule has 2 aliphatic heterocycles. The fourth-order valence-corrected chi connectivity index (χ4v) is 4.01. The first-order valence-corrected chi connectivity index (χ1v) is 10.5. The van der Waals surface area contributed by atoms with E-state index in [0.717, 1.165) is 36.5 Å². The number of hydrogen-bond acceptors (Lipinski definition) is 5. The summed E-state index contributed by atoms with van der Waals surface area (Å²) in [5.41, 5.74) is 3.30. The van der Waals surface area contributed by atoms with E-state index in [9.17, 15) is 9.59 Å². The van der Waals surface area contributed by atoms with Gasteiger partial charge in [0.15, 0.2) is 0 Å². The summed E-state index contributed by atoms with van der Waals surface area (Å²) in [5.74, 6) is 0.560. The maximum absolute atomic E-state index is 12.9. The number of benzene rings is 1. The predicted octanol–water partition coefficient (Wildman–Crippen LogP) is 1.61. The molecule has 1 aromatic carbocycles. The molecule has 1 atom stereocenters. The molecule has 3 heterocycles. The summed E-state index contributed by atoms with van der Waals surface area (Å²) in [5, 5.41) is 2.75. The summed E-state index contributed by atoms with van der Waals surface area (Å²) in [6.07, 6.45) is 3.01. The molecule has 0 saturated carbocycles. The van der Waals surface area contributed by atoms with Crippen LogP contribution in [-0.4, -0.2) is 59.9 Å². The second-order valence-corrected chi connectivity index (χ2v) is 8.06. The van der Waals surface area contributed by atoms with Crippen LogP contribution in [0.5, 0.6) is 5.75 Å². The summed E-state index contributed by atoms with van der Waals surface area (Å²) in [4.78, 5) is 32.8. The minimum atomic E-state index is -0.264. The van der Waals surface area contributed by atoms with Gasteiger partial charge < -0.3 is 19.9 Å². The molecule has 1 fully saturated rings. The minimum absolute atomic E-state index is 0.0303. The Morgan fingerprint density at radius 1 is 1.33 bits per heavy atom. The van der Waals surface area contributed by atoms with E-state index in [2.05, 4.69) is 34.4 Å². The highest BCUT2D eigenvalue weighted by atomic mass is 16.5. The Balaban J connectivity index is 1.39. The number of aromatic nitrogens is 1. The van der Waals surface area contributed by atoms with Crippen LogP contribution in [0, 0.1) is 5.92 Å². The van der Waals surface area contributed by atoms with Crippen LogP contribution in [0.3, 0.4) is 0 Å². The van der Waals surface area contributed by atoms with Gasteiger partial charge in [0, 0.05) is 56.5 Å². The molecule has 1 aromatic heterocycles. The molecule has 2 aromatic rings. The van der Waals surface area contributed by atoms with Crippen molar-refractivity contribution in [3.63, 3.8) is 0 Å². The molecule has 2 aliphatic rings. The van der Waals surface area contributed by atoms with E-state index in [0.29, 0.717) is 26.2 Å². The molecule has 0 radical (unpaired) electrons. The van der Waals surface area contributed by atoms with Crippen LogP contribution in [-0.2, 0) is 29.1 Å². The van der Waals surface area contributed by atoms with E-state index in [1.807, 2.05) is 35.4 Å². The smallest absolute Gasteiger partial charge is 0.228 e. The molecule has 0 unspecified atom stereocenters. The normalized spacial score (nSPS) is 18.5. The number of rotatable bonds is 6. The zero-order valence-electron chi connectivity index (χ0n) is 17.3. The topological polar surface area (TPSA) is 74.8 Å². The van der Waals surface area contributed by atoms with Crippen LogP contribution in [0.25, 0.3) is 0 Å². The van der Waals surface area contributed by atoms with Crippen LogP contribution < -0.4 is 10.1 Å². The maximum Gasteiger partial charge on any atom is 0.228 e. The summed E-state index contributed by atoms with van der Waals surface area (Å²) >= 11 is 0. The van der Waals surface area contributed by atoms with Crippen LogP contribution in [0.15, 0.2) is 42.6 Å². The number of nitrogens with zero attached hydrogens (tertiary/aromatic N) is 3. The molecule has 7 heteroatoms. The number of carbonyl (C=O) groups is 2. The SMILES string of the molecule is CN(CCc1ccccn1)Cc1ccc2c(c1)CN(C(=O)[C@H]1CNC(=O)C1)CCO2. The first-order chi connectivity index (χ1) is 14.6. The van der Waals surface area contributed by atoms with Gasteiger partial charge in [0.2, 0.25) is 11.8 Å². The Bertz CT molecular complexity index is 903. The highest BCUT2D eigenvalue weighted by Crippen LogP contribution is 2.26. The van der Waals surface area contributed by atoms with Crippen molar-refractivity contribution < 1.29 is 14.3 Å². The third-order valence-corrected chi connectivity index (χ3v) is 5.67. The zero-order chi connectivity index (χ0) is 20.9. The lowest BCUT2D eigenvalue weighted by molar-refractivity contribution is -0.136. The summed E-state index contributed by atoms with van der Waals surface area (Å²) in [6, 6.07) is 12.2. The van der Waals surface area contributed by atoms with E-state index in [4.69, 9.17) is 4.74 Å². The van der Waals surface area contributed by atoms with Crippen molar-refractivity contribution in [3.05, 3.63) is 59.4 Å². The number of hydrogen-bond donors (Lipinski definition) is 1. The number of amides is 2. The van der Waals surface area contributed by atoms with E-state index in [-0.39, 0.29) is 24.2 Å². The summed E-state index contributed by atoms with van der Waals surface area (Å²) in [6.45, 7) is 3.69. The molecule has 0 aliphatic carbocycles. The average Bonchev–Trinajstić information content (AvgIpc) is 3.08. The van der Waals surface area contributed by atoms with Crippen molar-refractivity contribution in [3.8, 4) is 5.75 Å². The largest absolute Gasteiger partial charge is 0.491 e. The van der Waals surface area contributed by atoms with Crippen molar-refractivity contribution >= 4 is 11.8 Å². The van der Waals surface area contributed by atoms with Gasteiger partial charge in [-0.05, 0) is 36.9 Å². The Hall–Kier alpha value is -2.93. The van der Waals surface area contributed by atoms with Gasteiger partial charge in [-0.3, -0.25) is 14.6 Å². The molecule has 0 spiro atoms. The molecular formula is C23H28N4O3. The predicted molar refractivity (Wildman–Crippen MR) is 113 cm³/mol. The van der Waals surface area contributed by atoms with Gasteiger partial charge in [0.05, 0.1) is 12.5 Å². The highest BCUT2D eigenvalue weighted by molar-refractivity contribution is 5.89. The van der Waals surface area contributed by atoms with Crippen molar-refractivity contribution in [1.82, 2.24) is 20.1 Å². The van der Waals surface area contributed by atoms with E-state index in [1.54, 1.807) is 0 Å². The molecule has 30 heavy (non-hydrogen) atoms. The molecule has 1 N–H and O–H groups in total. The number of nitrogens with one attached hydrogen (secondary N) is 1. The molecular weight excluding hydrogens is 380 g/mol. The number of likely N-dealkylation sites (N-methyl/N-ethyl adjacent to an activating group) is 1. The second-order valence-electron chi connectivity index (χ2n) is 8.06. The van der Waals surface area contributed by atoms with E-state index >= 15 is 0 Å². The lowest BCUT2D eigenvalue weighted by atomic mass is 10.1. The fraction of sp³-hybridized carbons (Fsp3) is 0.435. The van der Waals surface area contributed by atoms with E-state index < -0.39 is 0 Å². The van der Waals surface area contributed by atoms with Crippen LogP contribution in [0.2, 0.25) is 0 Å². The van der Waals surface area contributed by atoms with Crippen molar-refractivity contribution in [1.29, 1.82) is 0 Å². The van der Waals surface area contributed by atoms with Gasteiger partial charge in [-0.2, -0.15) is 0 Å². The monoisotopic (exact) mass is 408 g/mol. The second kappa shape index (κ2) is 9.26. The van der Waals surface area contributed by atoms with Crippen LogP contribution in [0.1, 0.15) is 23.2 Å². The Morgan fingerprint density at radius 3 is 3.00 bits per heavy atom.